The van der Waals surface area contributed by atoms with Crippen molar-refractivity contribution >= 4 is 0 Å². The molecule has 1 heterocycles. The van der Waals surface area contributed by atoms with E-state index in [1.54, 1.807) is 10.9 Å². The van der Waals surface area contributed by atoms with Gasteiger partial charge < -0.3 is 5.11 Å². The topological polar surface area (TPSA) is 99.7 Å². The van der Waals surface area contributed by atoms with Gasteiger partial charge in [-0.05, 0) is 16.7 Å². The summed E-state index contributed by atoms with van der Waals surface area (Å²) in [6, 6.07) is 7.72. The number of nitrogens with zero attached hydrogens (tertiary/aromatic N) is 6. The fourth-order valence-corrected chi connectivity index (χ4v) is 1.61. The first kappa shape index (κ1) is 12.1. The number of aliphatic hydroxyl groups is 1. The van der Waals surface area contributed by atoms with E-state index >= 15 is 0 Å². The van der Waals surface area contributed by atoms with Crippen molar-refractivity contribution in [3.8, 4) is 0 Å². The molecular formula is C11H12N6O. The maximum absolute atomic E-state index is 8.90. The number of hydrogen-bond donors (Lipinski definition) is 1. The van der Waals surface area contributed by atoms with Crippen LogP contribution in [0.2, 0.25) is 0 Å². The molecule has 0 atom stereocenters. The van der Waals surface area contributed by atoms with E-state index in [1.165, 1.54) is 0 Å². The average Bonchev–Trinajstić information content (AvgIpc) is 2.84. The molecule has 0 bridgehead atoms. The molecule has 0 unspecified atom stereocenters. The lowest BCUT2D eigenvalue weighted by Gasteiger charge is -2.03. The molecule has 1 aromatic heterocycles. The van der Waals surface area contributed by atoms with E-state index in [2.05, 4.69) is 20.3 Å². The second-order valence-electron chi connectivity index (χ2n) is 3.77. The minimum atomic E-state index is -0.114. The number of rotatable bonds is 5. The van der Waals surface area contributed by atoms with Crippen LogP contribution in [-0.4, -0.2) is 20.1 Å². The third-order valence-electron chi connectivity index (χ3n) is 2.40. The summed E-state index contributed by atoms with van der Waals surface area (Å²) < 4.78 is 1.65. The van der Waals surface area contributed by atoms with Gasteiger partial charge in [-0.1, -0.05) is 34.6 Å². The zero-order chi connectivity index (χ0) is 12.8. The van der Waals surface area contributed by atoms with Crippen LogP contribution in [0.5, 0.6) is 0 Å². The summed E-state index contributed by atoms with van der Waals surface area (Å²) in [6.45, 7) is 0.789. The molecule has 1 aromatic carbocycles. The number of azide groups is 1. The molecule has 0 amide bonds. The highest BCUT2D eigenvalue weighted by Crippen LogP contribution is 2.08. The largest absolute Gasteiger partial charge is 0.390 e. The van der Waals surface area contributed by atoms with Crippen molar-refractivity contribution in [2.75, 3.05) is 0 Å². The zero-order valence-electron chi connectivity index (χ0n) is 9.64. The molecule has 0 saturated carbocycles. The molecular weight excluding hydrogens is 232 g/mol. The Morgan fingerprint density at radius 3 is 2.94 bits per heavy atom. The van der Waals surface area contributed by atoms with Crippen molar-refractivity contribution in [2.45, 2.75) is 19.7 Å². The van der Waals surface area contributed by atoms with E-state index in [0.717, 1.165) is 11.1 Å². The molecule has 92 valence electrons. The monoisotopic (exact) mass is 244 g/mol. The zero-order valence-corrected chi connectivity index (χ0v) is 9.64. The Morgan fingerprint density at radius 1 is 1.39 bits per heavy atom. The van der Waals surface area contributed by atoms with E-state index in [9.17, 15) is 0 Å². The SMILES string of the molecule is [N-]=[N+]=NCc1cccc(Cn2cc(CO)nn2)c1. The van der Waals surface area contributed by atoms with Crippen molar-refractivity contribution in [1.82, 2.24) is 15.0 Å². The fourth-order valence-electron chi connectivity index (χ4n) is 1.61. The lowest BCUT2D eigenvalue weighted by Crippen LogP contribution is -2.00. The number of hydrogen-bond acceptors (Lipinski definition) is 4. The van der Waals surface area contributed by atoms with E-state index in [-0.39, 0.29) is 6.61 Å². The Kier molecular flexibility index (Phi) is 3.90. The highest BCUT2D eigenvalue weighted by Gasteiger charge is 2.01. The van der Waals surface area contributed by atoms with Crippen LogP contribution in [-0.2, 0) is 19.7 Å². The Balaban J connectivity index is 2.10. The molecule has 2 rings (SSSR count). The van der Waals surface area contributed by atoms with Crippen LogP contribution < -0.4 is 0 Å². The van der Waals surface area contributed by atoms with Gasteiger partial charge in [-0.3, -0.25) is 0 Å². The van der Waals surface area contributed by atoms with Gasteiger partial charge in [0.1, 0.15) is 5.69 Å². The van der Waals surface area contributed by atoms with Gasteiger partial charge in [-0.25, -0.2) is 4.68 Å². The van der Waals surface area contributed by atoms with Crippen molar-refractivity contribution in [2.24, 2.45) is 5.11 Å². The normalized spacial score (nSPS) is 10.1. The van der Waals surface area contributed by atoms with Crippen LogP contribution in [0.3, 0.4) is 0 Å². The average molecular weight is 244 g/mol. The van der Waals surface area contributed by atoms with Crippen LogP contribution in [0, 0.1) is 0 Å². The maximum atomic E-state index is 8.90. The predicted molar refractivity (Wildman–Crippen MR) is 64.3 cm³/mol. The minimum Gasteiger partial charge on any atom is -0.390 e. The van der Waals surface area contributed by atoms with Gasteiger partial charge in [0.05, 0.1) is 25.9 Å². The second kappa shape index (κ2) is 5.81. The summed E-state index contributed by atoms with van der Waals surface area (Å²) >= 11 is 0. The van der Waals surface area contributed by atoms with Crippen molar-refractivity contribution in [1.29, 1.82) is 0 Å². The Morgan fingerprint density at radius 2 is 2.22 bits per heavy atom. The highest BCUT2D eigenvalue weighted by atomic mass is 16.3. The molecule has 0 saturated heterocycles. The molecule has 7 nitrogen and oxygen atoms in total. The molecule has 0 aliphatic carbocycles. The van der Waals surface area contributed by atoms with E-state index in [0.29, 0.717) is 18.8 Å². The van der Waals surface area contributed by atoms with Gasteiger partial charge in [0.2, 0.25) is 0 Å². The maximum Gasteiger partial charge on any atom is 0.108 e. The summed E-state index contributed by atoms with van der Waals surface area (Å²) in [6.07, 6.45) is 1.69. The first-order valence-corrected chi connectivity index (χ1v) is 5.40. The summed E-state index contributed by atoms with van der Waals surface area (Å²) in [4.78, 5) is 2.73. The second-order valence-corrected chi connectivity index (χ2v) is 3.77. The predicted octanol–water partition coefficient (Wildman–Crippen LogP) is 1.63. The van der Waals surface area contributed by atoms with Crippen LogP contribution in [0.1, 0.15) is 16.8 Å². The Hall–Kier alpha value is -2.37. The molecule has 1 N–H and O–H groups in total. The standard InChI is InChI=1S/C11H12N6O/c12-15-13-5-9-2-1-3-10(4-9)6-17-7-11(8-18)14-16-17/h1-4,7,18H,5-6,8H2. The summed E-state index contributed by atoms with van der Waals surface area (Å²) in [5.41, 5.74) is 10.8. The molecule has 0 aliphatic heterocycles. The molecule has 18 heavy (non-hydrogen) atoms. The molecule has 0 fully saturated rings. The number of aromatic nitrogens is 3. The van der Waals surface area contributed by atoms with Crippen LogP contribution in [0.15, 0.2) is 35.6 Å². The van der Waals surface area contributed by atoms with E-state index in [4.69, 9.17) is 10.6 Å². The summed E-state index contributed by atoms with van der Waals surface area (Å²) in [5.74, 6) is 0. The first-order chi connectivity index (χ1) is 8.81. The third kappa shape index (κ3) is 3.07. The van der Waals surface area contributed by atoms with E-state index < -0.39 is 0 Å². The first-order valence-electron chi connectivity index (χ1n) is 5.40. The molecule has 0 radical (unpaired) electrons. The lowest BCUT2D eigenvalue weighted by molar-refractivity contribution is 0.276. The Bertz CT molecular complexity index is 572. The van der Waals surface area contributed by atoms with Gasteiger partial charge in [0, 0.05) is 4.91 Å². The van der Waals surface area contributed by atoms with Crippen LogP contribution >= 0.6 is 0 Å². The Labute approximate surface area is 103 Å². The third-order valence-corrected chi connectivity index (χ3v) is 2.40. The van der Waals surface area contributed by atoms with Gasteiger partial charge in [-0.15, -0.1) is 5.10 Å². The van der Waals surface area contributed by atoms with Gasteiger partial charge >= 0.3 is 0 Å². The van der Waals surface area contributed by atoms with Crippen LogP contribution in [0.4, 0.5) is 0 Å². The smallest absolute Gasteiger partial charge is 0.108 e. The fraction of sp³-hybridized carbons (Fsp3) is 0.273. The van der Waals surface area contributed by atoms with Gasteiger partial charge in [-0.2, -0.15) is 0 Å². The van der Waals surface area contributed by atoms with Crippen LogP contribution in [0.25, 0.3) is 10.4 Å². The molecule has 7 heteroatoms. The quantitative estimate of drug-likeness (QED) is 0.491. The summed E-state index contributed by atoms with van der Waals surface area (Å²) in [5, 5.41) is 20.1. The van der Waals surface area contributed by atoms with Crippen molar-refractivity contribution < 1.29 is 5.11 Å². The van der Waals surface area contributed by atoms with Crippen molar-refractivity contribution in [3.63, 3.8) is 0 Å². The number of benzene rings is 1. The summed E-state index contributed by atoms with van der Waals surface area (Å²) in [7, 11) is 0. The lowest BCUT2D eigenvalue weighted by atomic mass is 10.1. The highest BCUT2D eigenvalue weighted by molar-refractivity contribution is 5.23. The molecule has 0 aliphatic rings. The minimum absolute atomic E-state index is 0.114. The van der Waals surface area contributed by atoms with Gasteiger partial charge in [0.15, 0.2) is 0 Å². The van der Waals surface area contributed by atoms with E-state index in [1.807, 2.05) is 24.3 Å². The van der Waals surface area contributed by atoms with Crippen molar-refractivity contribution in [3.05, 3.63) is 57.7 Å². The molecule has 0 spiro atoms. The number of aliphatic hydroxyl groups excluding tert-OH is 1. The molecule has 2 aromatic rings. The van der Waals surface area contributed by atoms with Gasteiger partial charge in [0.25, 0.3) is 0 Å².